The fourth-order valence-electron chi connectivity index (χ4n) is 5.43. The third-order valence-corrected chi connectivity index (χ3v) is 8.11. The lowest BCUT2D eigenvalue weighted by Gasteiger charge is -2.31. The van der Waals surface area contributed by atoms with Crippen molar-refractivity contribution in [3.63, 3.8) is 0 Å². The number of allylic oxidation sites excluding steroid dienone is 2. The van der Waals surface area contributed by atoms with E-state index in [1.807, 2.05) is 0 Å². The lowest BCUT2D eigenvalue weighted by molar-refractivity contribution is -0.141. The number of rotatable bonds is 17. The molecule has 2 aromatic carbocycles. The number of benzene rings is 2. The normalized spacial score (nSPS) is 18.5. The van der Waals surface area contributed by atoms with Crippen LogP contribution in [0, 0.1) is 5.92 Å². The third kappa shape index (κ3) is 9.38. The minimum atomic E-state index is -2.17. The molecule has 0 saturated heterocycles. The van der Waals surface area contributed by atoms with E-state index in [0.29, 0.717) is 30.1 Å². The van der Waals surface area contributed by atoms with Crippen molar-refractivity contribution in [2.24, 2.45) is 5.92 Å². The van der Waals surface area contributed by atoms with Gasteiger partial charge in [-0.3, -0.25) is 9.59 Å². The van der Waals surface area contributed by atoms with Crippen molar-refractivity contribution in [3.05, 3.63) is 89.3 Å². The summed E-state index contributed by atoms with van der Waals surface area (Å²) in [5.41, 5.74) is -1.44. The van der Waals surface area contributed by atoms with Crippen LogP contribution in [0.15, 0.2) is 72.6 Å². The molecule has 3 unspecified atom stereocenters. The molecule has 2 aromatic rings. The Morgan fingerprint density at radius 1 is 0.909 bits per heavy atom. The highest BCUT2D eigenvalue weighted by molar-refractivity contribution is 5.97. The Bertz CT molecular complexity index is 1310. The topological polar surface area (TPSA) is 89.9 Å². The molecule has 44 heavy (non-hydrogen) atoms. The molecule has 0 spiro atoms. The number of halogens is 1. The van der Waals surface area contributed by atoms with E-state index < -0.39 is 29.1 Å². The summed E-state index contributed by atoms with van der Waals surface area (Å²) in [6, 6.07) is 12.9. The van der Waals surface area contributed by atoms with Gasteiger partial charge in [0.2, 0.25) is 0 Å². The summed E-state index contributed by atoms with van der Waals surface area (Å²) in [7, 11) is 0. The number of carboxylic acids is 1. The maximum atomic E-state index is 16.0. The average Bonchev–Trinajstić information content (AvgIpc) is 3.00. The molecule has 0 aromatic heterocycles. The van der Waals surface area contributed by atoms with Gasteiger partial charge in [-0.25, -0.2) is 9.18 Å². The molecular formula is C37H47FO6. The largest absolute Gasteiger partial charge is 0.480 e. The molecule has 0 amide bonds. The van der Waals surface area contributed by atoms with Gasteiger partial charge in [-0.15, -0.1) is 0 Å². The lowest BCUT2D eigenvalue weighted by atomic mass is 9.72. The minimum Gasteiger partial charge on any atom is -0.480 e. The van der Waals surface area contributed by atoms with Gasteiger partial charge in [-0.1, -0.05) is 102 Å². The van der Waals surface area contributed by atoms with E-state index in [1.165, 1.54) is 50.0 Å². The second-order valence-corrected chi connectivity index (χ2v) is 12.2. The first-order valence-corrected chi connectivity index (χ1v) is 16.0. The number of carbonyl (C=O) groups excluding carboxylic acids is 2. The smallest absolute Gasteiger partial charge is 0.338 e. The molecule has 3 rings (SSSR count). The summed E-state index contributed by atoms with van der Waals surface area (Å²) in [5, 5.41) is 10.3. The molecule has 0 radical (unpaired) electrons. The number of hydrogen-bond donors (Lipinski definition) is 1. The van der Waals surface area contributed by atoms with E-state index >= 15 is 4.39 Å². The van der Waals surface area contributed by atoms with Crippen molar-refractivity contribution in [1.29, 1.82) is 0 Å². The Kier molecular flexibility index (Phi) is 13.4. The standard InChI is InChI=1S/C37H47FO6/c1-5-6-7-8-9-10-11-16-34(39)44-30-21-19-28(20-22-30)29-23-24-37(36(41)42,33(38)25-29)32-15-13-12-14-31(32)35(40)43-27(4)18-17-26(2)3/h12-15,19-27,29H,5-11,16-18H2,1-4H3,(H,41,42). The predicted molar refractivity (Wildman–Crippen MR) is 170 cm³/mol. The van der Waals surface area contributed by atoms with E-state index in [2.05, 4.69) is 20.8 Å². The zero-order valence-electron chi connectivity index (χ0n) is 26.5. The van der Waals surface area contributed by atoms with Gasteiger partial charge in [0.15, 0.2) is 5.41 Å². The number of aliphatic carboxylic acids is 1. The fourth-order valence-corrected chi connectivity index (χ4v) is 5.43. The van der Waals surface area contributed by atoms with Crippen molar-refractivity contribution >= 4 is 17.9 Å². The molecule has 0 fully saturated rings. The average molecular weight is 607 g/mol. The van der Waals surface area contributed by atoms with Crippen LogP contribution in [0.1, 0.15) is 119 Å². The van der Waals surface area contributed by atoms with Crippen molar-refractivity contribution in [1.82, 2.24) is 0 Å². The fraction of sp³-hybridized carbons (Fsp3) is 0.486. The van der Waals surface area contributed by atoms with Crippen LogP contribution in [0.4, 0.5) is 4.39 Å². The van der Waals surface area contributed by atoms with Gasteiger partial charge in [0.05, 0.1) is 11.7 Å². The van der Waals surface area contributed by atoms with Crippen molar-refractivity contribution in [3.8, 4) is 5.75 Å². The molecule has 1 N–H and O–H groups in total. The summed E-state index contributed by atoms with van der Waals surface area (Å²) in [4.78, 5) is 38.1. The summed E-state index contributed by atoms with van der Waals surface area (Å²) in [5.74, 6) is -2.99. The van der Waals surface area contributed by atoms with Gasteiger partial charge in [-0.2, -0.15) is 0 Å². The highest BCUT2D eigenvalue weighted by Crippen LogP contribution is 2.43. The molecule has 1 aliphatic carbocycles. The number of hydrogen-bond acceptors (Lipinski definition) is 5. The number of esters is 2. The number of unbranched alkanes of at least 4 members (excludes halogenated alkanes) is 6. The van der Waals surface area contributed by atoms with Gasteiger partial charge in [0, 0.05) is 12.3 Å². The summed E-state index contributed by atoms with van der Waals surface area (Å²) in [6.07, 6.45) is 13.5. The first kappa shape index (κ1) is 34.7. The van der Waals surface area contributed by atoms with E-state index in [-0.39, 0.29) is 23.2 Å². The Labute approximate surface area is 261 Å². The maximum Gasteiger partial charge on any atom is 0.338 e. The molecule has 0 bridgehead atoms. The first-order valence-electron chi connectivity index (χ1n) is 16.0. The zero-order chi connectivity index (χ0) is 32.1. The van der Waals surface area contributed by atoms with Crippen molar-refractivity contribution < 1.29 is 33.4 Å². The molecule has 238 valence electrons. The summed E-state index contributed by atoms with van der Waals surface area (Å²) >= 11 is 0. The molecule has 0 saturated carbocycles. The quantitative estimate of drug-likeness (QED) is 0.0835. The van der Waals surface area contributed by atoms with Gasteiger partial charge in [-0.05, 0) is 67.5 Å². The van der Waals surface area contributed by atoms with E-state index in [1.54, 1.807) is 49.4 Å². The second-order valence-electron chi connectivity index (χ2n) is 12.2. The Morgan fingerprint density at radius 2 is 1.57 bits per heavy atom. The monoisotopic (exact) mass is 606 g/mol. The van der Waals surface area contributed by atoms with E-state index in [0.717, 1.165) is 25.7 Å². The van der Waals surface area contributed by atoms with Crippen LogP contribution < -0.4 is 4.74 Å². The summed E-state index contributed by atoms with van der Waals surface area (Å²) < 4.78 is 27.1. The van der Waals surface area contributed by atoms with Gasteiger partial charge in [0.1, 0.15) is 11.6 Å². The zero-order valence-corrected chi connectivity index (χ0v) is 26.5. The van der Waals surface area contributed by atoms with Crippen LogP contribution in [-0.2, 0) is 19.7 Å². The summed E-state index contributed by atoms with van der Waals surface area (Å²) in [6.45, 7) is 8.15. The van der Waals surface area contributed by atoms with Crippen molar-refractivity contribution in [2.45, 2.75) is 109 Å². The number of carbonyl (C=O) groups is 3. The maximum absolute atomic E-state index is 16.0. The lowest BCUT2D eigenvalue weighted by Crippen LogP contribution is -2.38. The SMILES string of the molecule is CCCCCCCCCC(=O)Oc1ccc(C2C=CC(C(=O)O)(c3ccccc3C(=O)OC(C)CCC(C)C)C(F)=C2)cc1. The van der Waals surface area contributed by atoms with Gasteiger partial charge < -0.3 is 14.6 Å². The second kappa shape index (κ2) is 16.9. The van der Waals surface area contributed by atoms with Gasteiger partial charge in [0.25, 0.3) is 0 Å². The van der Waals surface area contributed by atoms with E-state index in [9.17, 15) is 19.5 Å². The Morgan fingerprint density at radius 3 is 2.20 bits per heavy atom. The molecule has 0 aliphatic heterocycles. The predicted octanol–water partition coefficient (Wildman–Crippen LogP) is 9.24. The molecule has 7 heteroatoms. The van der Waals surface area contributed by atoms with Crippen LogP contribution in [-0.4, -0.2) is 29.1 Å². The van der Waals surface area contributed by atoms with Crippen LogP contribution >= 0.6 is 0 Å². The molecular weight excluding hydrogens is 559 g/mol. The third-order valence-electron chi connectivity index (χ3n) is 8.11. The molecule has 1 aliphatic rings. The molecule has 3 atom stereocenters. The van der Waals surface area contributed by atoms with Crippen LogP contribution in [0.3, 0.4) is 0 Å². The Balaban J connectivity index is 1.69. The van der Waals surface area contributed by atoms with E-state index in [4.69, 9.17) is 9.47 Å². The molecule has 6 nitrogen and oxygen atoms in total. The molecule has 0 heterocycles. The number of carboxylic acid groups (broad SMARTS) is 1. The first-order chi connectivity index (χ1) is 21.1. The highest BCUT2D eigenvalue weighted by Gasteiger charge is 2.47. The highest BCUT2D eigenvalue weighted by atomic mass is 19.1. The number of ether oxygens (including phenoxy) is 2. The van der Waals surface area contributed by atoms with Crippen molar-refractivity contribution in [2.75, 3.05) is 0 Å². The van der Waals surface area contributed by atoms with Crippen LogP contribution in [0.25, 0.3) is 0 Å². The van der Waals surface area contributed by atoms with Crippen LogP contribution in [0.2, 0.25) is 0 Å². The van der Waals surface area contributed by atoms with Crippen LogP contribution in [0.5, 0.6) is 5.75 Å². The Hall–Kier alpha value is -3.74. The minimum absolute atomic E-state index is 0.0141. The van der Waals surface area contributed by atoms with Gasteiger partial charge >= 0.3 is 17.9 Å².